The molecule has 3 aromatic rings. The van der Waals surface area contributed by atoms with Crippen LogP contribution in [0.5, 0.6) is 0 Å². The number of imidazole rings is 1. The summed E-state index contributed by atoms with van der Waals surface area (Å²) in [6.07, 6.45) is 3.54. The number of ketones is 1. The number of hydrogen-bond donors (Lipinski definition) is 1. The molecule has 0 saturated carbocycles. The lowest BCUT2D eigenvalue weighted by atomic mass is 9.83. The Balaban J connectivity index is 1.49. The van der Waals surface area contributed by atoms with E-state index < -0.39 is 0 Å². The van der Waals surface area contributed by atoms with Gasteiger partial charge in [0.2, 0.25) is 0 Å². The molecule has 0 amide bonds. The second-order valence-corrected chi connectivity index (χ2v) is 8.61. The minimum atomic E-state index is -0.210. The summed E-state index contributed by atoms with van der Waals surface area (Å²) in [5, 5.41) is 0.623. The van der Waals surface area contributed by atoms with Gasteiger partial charge in [-0.15, -0.1) is 0 Å². The van der Waals surface area contributed by atoms with E-state index in [9.17, 15) is 4.79 Å². The number of carbonyl (C=O) groups is 1. The summed E-state index contributed by atoms with van der Waals surface area (Å²) < 4.78 is 1.48. The number of hydrogen-bond acceptors (Lipinski definition) is 5. The van der Waals surface area contributed by atoms with Gasteiger partial charge in [0.05, 0.1) is 17.6 Å². The van der Waals surface area contributed by atoms with E-state index in [1.165, 1.54) is 22.0 Å². The van der Waals surface area contributed by atoms with E-state index in [1.807, 2.05) is 49.5 Å². The maximum atomic E-state index is 12.7. The molecule has 0 bridgehead atoms. The monoisotopic (exact) mass is 404 g/mol. The predicted molar refractivity (Wildman–Crippen MR) is 119 cm³/mol. The molecule has 1 aliphatic heterocycles. The van der Waals surface area contributed by atoms with Crippen molar-refractivity contribution in [2.24, 2.45) is 0 Å². The van der Waals surface area contributed by atoms with Crippen LogP contribution in [0.25, 0.3) is 11.3 Å². The van der Waals surface area contributed by atoms with Gasteiger partial charge < -0.3 is 10.7 Å². The van der Waals surface area contributed by atoms with E-state index in [2.05, 4.69) is 35.9 Å². The molecule has 0 unspecified atom stereocenters. The summed E-state index contributed by atoms with van der Waals surface area (Å²) in [6, 6.07) is 18.2. The molecule has 0 fully saturated rings. The molecule has 0 saturated heterocycles. The number of likely N-dealkylation sites (N-methyl/N-ethyl adjacent to an activating group) is 1. The van der Waals surface area contributed by atoms with Gasteiger partial charge in [-0.05, 0) is 11.6 Å². The summed E-state index contributed by atoms with van der Waals surface area (Å²) in [4.78, 5) is 19.4. The van der Waals surface area contributed by atoms with Crippen molar-refractivity contribution < 1.29 is 4.79 Å². The fraction of sp³-hybridized carbons (Fsp3) is 0.217. The average Bonchev–Trinajstić information content (AvgIpc) is 3.18. The third-order valence-corrected chi connectivity index (χ3v) is 6.34. The molecule has 0 atom stereocenters. The number of benzene rings is 2. The van der Waals surface area contributed by atoms with Crippen molar-refractivity contribution >= 4 is 23.2 Å². The maximum absolute atomic E-state index is 12.7. The number of nitrogens with two attached hydrogens (primary N) is 1. The van der Waals surface area contributed by atoms with Crippen molar-refractivity contribution in [3.05, 3.63) is 78.1 Å². The largest absolute Gasteiger partial charge is 0.347 e. The van der Waals surface area contributed by atoms with Gasteiger partial charge >= 0.3 is 0 Å². The second kappa shape index (κ2) is 7.44. The number of thioether (sulfide) groups is 1. The summed E-state index contributed by atoms with van der Waals surface area (Å²) in [7, 11) is 2.01. The van der Waals surface area contributed by atoms with Crippen LogP contribution in [0.3, 0.4) is 0 Å². The van der Waals surface area contributed by atoms with Crippen LogP contribution in [-0.4, -0.2) is 28.2 Å². The molecule has 4 rings (SSSR count). The highest BCUT2D eigenvalue weighted by atomic mass is 32.2. The molecule has 2 aromatic carbocycles. The number of nitrogens with zero attached hydrogens (tertiary/aromatic N) is 3. The van der Waals surface area contributed by atoms with Crippen LogP contribution in [0.2, 0.25) is 0 Å². The summed E-state index contributed by atoms with van der Waals surface area (Å²) in [6.45, 7) is 4.31. The normalized spacial score (nSPS) is 16.2. The Bertz CT molecular complexity index is 1090. The zero-order valence-corrected chi connectivity index (χ0v) is 17.6. The molecule has 1 aliphatic rings. The van der Waals surface area contributed by atoms with Gasteiger partial charge in [-0.2, -0.15) is 0 Å². The van der Waals surface area contributed by atoms with Gasteiger partial charge in [0, 0.05) is 35.5 Å². The molecule has 1 aromatic heterocycles. The topological polar surface area (TPSA) is 64.2 Å². The smallest absolute Gasteiger partial charge is 0.187 e. The number of anilines is 1. The van der Waals surface area contributed by atoms with Crippen LogP contribution in [0.1, 0.15) is 19.4 Å². The highest BCUT2D eigenvalue weighted by Crippen LogP contribution is 2.46. The first-order valence-electron chi connectivity index (χ1n) is 9.49. The minimum Gasteiger partial charge on any atom is -0.347 e. The van der Waals surface area contributed by atoms with Crippen LogP contribution >= 0.6 is 11.8 Å². The number of aromatic nitrogens is 2. The van der Waals surface area contributed by atoms with E-state index in [0.29, 0.717) is 5.16 Å². The first-order valence-corrected chi connectivity index (χ1v) is 10.5. The van der Waals surface area contributed by atoms with Crippen molar-refractivity contribution in [3.63, 3.8) is 0 Å². The van der Waals surface area contributed by atoms with Gasteiger partial charge in [-0.25, -0.2) is 9.66 Å². The fourth-order valence-electron chi connectivity index (χ4n) is 3.82. The van der Waals surface area contributed by atoms with Gasteiger partial charge in [0.25, 0.3) is 0 Å². The maximum Gasteiger partial charge on any atom is 0.187 e. The van der Waals surface area contributed by atoms with Gasteiger partial charge in [-0.1, -0.05) is 74.1 Å². The zero-order chi connectivity index (χ0) is 20.6. The molecular formula is C23H24N4OS. The Kier molecular flexibility index (Phi) is 4.96. The zero-order valence-electron chi connectivity index (χ0n) is 16.8. The van der Waals surface area contributed by atoms with Crippen LogP contribution in [-0.2, 0) is 10.2 Å². The summed E-state index contributed by atoms with van der Waals surface area (Å²) in [5.41, 5.74) is 4.98. The van der Waals surface area contributed by atoms with E-state index >= 15 is 0 Å². The van der Waals surface area contributed by atoms with Gasteiger partial charge in [0.15, 0.2) is 10.9 Å². The van der Waals surface area contributed by atoms with Crippen LogP contribution in [0.15, 0.2) is 77.7 Å². The van der Waals surface area contributed by atoms with Crippen molar-refractivity contribution in [1.82, 2.24) is 9.66 Å². The standard InChI is InChI=1S/C23H24N4OS/c1-23(2)18-11-7-8-12-20(18)26(3)21(23)13-17(28)15-29-22-25-19(14-27(22)24)16-9-5-4-6-10-16/h4-14H,15,24H2,1-3H3/b21-13-. The molecule has 0 radical (unpaired) electrons. The molecule has 2 heterocycles. The highest BCUT2D eigenvalue weighted by Gasteiger charge is 2.38. The van der Waals surface area contributed by atoms with Crippen molar-refractivity contribution in [1.29, 1.82) is 0 Å². The molecule has 5 nitrogen and oxygen atoms in total. The summed E-state index contributed by atoms with van der Waals surface area (Å²) in [5.74, 6) is 6.38. The SMILES string of the molecule is CN1/C(=C\C(=O)CSc2nc(-c3ccccc3)cn2N)C(C)(C)c2ccccc21. The first-order chi connectivity index (χ1) is 13.9. The molecular weight excluding hydrogens is 380 g/mol. The minimum absolute atomic E-state index is 0.0435. The quantitative estimate of drug-likeness (QED) is 0.392. The molecule has 2 N–H and O–H groups in total. The molecule has 148 valence electrons. The molecule has 0 aliphatic carbocycles. The number of allylic oxidation sites excluding steroid dienone is 2. The highest BCUT2D eigenvalue weighted by molar-refractivity contribution is 7.99. The molecule has 29 heavy (non-hydrogen) atoms. The Hall–Kier alpha value is -2.99. The van der Waals surface area contributed by atoms with E-state index in [4.69, 9.17) is 5.84 Å². The lowest BCUT2D eigenvalue weighted by Crippen LogP contribution is -2.24. The number of carbonyl (C=O) groups excluding carboxylic acids is 1. The van der Waals surface area contributed by atoms with Crippen LogP contribution in [0.4, 0.5) is 5.69 Å². The van der Waals surface area contributed by atoms with Crippen molar-refractivity contribution in [3.8, 4) is 11.3 Å². The Morgan fingerprint density at radius 1 is 1.14 bits per heavy atom. The number of rotatable bonds is 5. The number of para-hydroxylation sites is 1. The first kappa shape index (κ1) is 19.3. The molecule has 6 heteroatoms. The van der Waals surface area contributed by atoms with E-state index in [1.54, 1.807) is 12.3 Å². The van der Waals surface area contributed by atoms with Crippen LogP contribution in [0, 0.1) is 0 Å². The van der Waals surface area contributed by atoms with Crippen LogP contribution < -0.4 is 10.7 Å². The lowest BCUT2D eigenvalue weighted by molar-refractivity contribution is -0.112. The third-order valence-electron chi connectivity index (χ3n) is 5.35. The third kappa shape index (κ3) is 3.56. The number of fused-ring (bicyclic) bond motifs is 1. The lowest BCUT2D eigenvalue weighted by Gasteiger charge is -2.23. The van der Waals surface area contributed by atoms with Gasteiger partial charge in [-0.3, -0.25) is 4.79 Å². The van der Waals surface area contributed by atoms with Crippen molar-refractivity contribution in [2.45, 2.75) is 24.4 Å². The number of nitrogen functional groups attached to an aromatic ring is 1. The summed E-state index contributed by atoms with van der Waals surface area (Å²) >= 11 is 1.35. The predicted octanol–water partition coefficient (Wildman–Crippen LogP) is 4.24. The Labute approximate surface area is 175 Å². The van der Waals surface area contributed by atoms with E-state index in [-0.39, 0.29) is 17.0 Å². The second-order valence-electron chi connectivity index (χ2n) is 7.67. The fourth-order valence-corrected chi connectivity index (χ4v) is 4.54. The average molecular weight is 405 g/mol. The Morgan fingerprint density at radius 2 is 1.83 bits per heavy atom. The van der Waals surface area contributed by atoms with Gasteiger partial charge in [0.1, 0.15) is 0 Å². The van der Waals surface area contributed by atoms with Crippen molar-refractivity contribution in [2.75, 3.05) is 23.5 Å². The Morgan fingerprint density at radius 3 is 2.55 bits per heavy atom. The van der Waals surface area contributed by atoms with E-state index in [0.717, 1.165) is 22.6 Å². The molecule has 0 spiro atoms.